The van der Waals surface area contributed by atoms with Gasteiger partial charge in [-0.15, -0.1) is 0 Å². The molecule has 0 saturated carbocycles. The molecule has 0 saturated heterocycles. The summed E-state index contributed by atoms with van der Waals surface area (Å²) in [6.07, 6.45) is 0. The fraction of sp³-hybridized carbons (Fsp3) is 0.222. The average Bonchev–Trinajstić information content (AvgIpc) is 2.48. The molecule has 0 aliphatic carbocycles. The quantitative estimate of drug-likeness (QED) is 0.888. The van der Waals surface area contributed by atoms with Crippen LogP contribution in [0.15, 0.2) is 36.4 Å². The van der Waals surface area contributed by atoms with Crippen LogP contribution in [0.4, 0.5) is 5.69 Å². The van der Waals surface area contributed by atoms with Crippen LogP contribution in [0.1, 0.15) is 27.0 Å². The summed E-state index contributed by atoms with van der Waals surface area (Å²) < 4.78 is 5.59. The monoisotopic (exact) mass is 313 g/mol. The number of anilines is 1. The lowest BCUT2D eigenvalue weighted by atomic mass is 10.1. The molecule has 120 valence electrons. The molecular formula is C18H19NO4. The fourth-order valence-electron chi connectivity index (χ4n) is 2.35. The van der Waals surface area contributed by atoms with E-state index in [1.54, 1.807) is 19.1 Å². The number of hydrogen-bond acceptors (Lipinski definition) is 3. The number of aryl methyl sites for hydroxylation is 2. The zero-order valence-corrected chi connectivity index (χ0v) is 13.3. The summed E-state index contributed by atoms with van der Waals surface area (Å²) >= 11 is 0. The fourth-order valence-corrected chi connectivity index (χ4v) is 2.35. The normalized spacial score (nSPS) is 10.2. The van der Waals surface area contributed by atoms with Crippen molar-refractivity contribution >= 4 is 17.6 Å². The van der Waals surface area contributed by atoms with Crippen LogP contribution >= 0.6 is 0 Å². The second-order valence-electron chi connectivity index (χ2n) is 5.34. The molecule has 5 heteroatoms. The zero-order chi connectivity index (χ0) is 17.0. The van der Waals surface area contributed by atoms with Crippen molar-refractivity contribution in [2.45, 2.75) is 20.8 Å². The predicted octanol–water partition coefficient (Wildman–Crippen LogP) is 3.33. The first-order valence-electron chi connectivity index (χ1n) is 7.22. The number of amides is 1. The van der Waals surface area contributed by atoms with Crippen LogP contribution in [0.25, 0.3) is 0 Å². The number of rotatable bonds is 5. The molecule has 0 bridgehead atoms. The molecule has 0 heterocycles. The van der Waals surface area contributed by atoms with E-state index < -0.39 is 5.97 Å². The molecule has 1 amide bonds. The number of carboxylic acid groups (broad SMARTS) is 1. The lowest BCUT2D eigenvalue weighted by molar-refractivity contribution is -0.118. The number of hydrogen-bond donors (Lipinski definition) is 2. The van der Waals surface area contributed by atoms with Crippen molar-refractivity contribution in [1.82, 2.24) is 0 Å². The maximum atomic E-state index is 12.1. The number of nitrogens with one attached hydrogen (secondary N) is 1. The van der Waals surface area contributed by atoms with Crippen LogP contribution in [0.5, 0.6) is 5.75 Å². The Morgan fingerprint density at radius 3 is 2.26 bits per heavy atom. The van der Waals surface area contributed by atoms with E-state index in [-0.39, 0.29) is 18.1 Å². The summed E-state index contributed by atoms with van der Waals surface area (Å²) in [7, 11) is 0. The Labute approximate surface area is 134 Å². The Bertz CT molecular complexity index is 732. The van der Waals surface area contributed by atoms with Gasteiger partial charge in [-0.05, 0) is 49.6 Å². The van der Waals surface area contributed by atoms with E-state index in [1.807, 2.05) is 32.0 Å². The number of ether oxygens (including phenoxy) is 1. The van der Waals surface area contributed by atoms with Gasteiger partial charge in [-0.25, -0.2) is 4.79 Å². The molecule has 0 aromatic heterocycles. The molecular weight excluding hydrogens is 294 g/mol. The minimum Gasteiger partial charge on any atom is -0.483 e. The average molecular weight is 313 g/mol. The molecule has 0 aliphatic heterocycles. The van der Waals surface area contributed by atoms with Crippen molar-refractivity contribution < 1.29 is 19.4 Å². The minimum atomic E-state index is -1.02. The van der Waals surface area contributed by atoms with Crippen molar-refractivity contribution in [2.75, 3.05) is 11.9 Å². The molecule has 0 atom stereocenters. The molecule has 2 aromatic carbocycles. The first-order valence-corrected chi connectivity index (χ1v) is 7.22. The zero-order valence-electron chi connectivity index (χ0n) is 13.3. The largest absolute Gasteiger partial charge is 0.483 e. The van der Waals surface area contributed by atoms with E-state index in [1.165, 1.54) is 6.07 Å². The lowest BCUT2D eigenvalue weighted by Crippen LogP contribution is -2.21. The topological polar surface area (TPSA) is 75.6 Å². The van der Waals surface area contributed by atoms with Gasteiger partial charge in [0, 0.05) is 5.69 Å². The maximum absolute atomic E-state index is 12.1. The van der Waals surface area contributed by atoms with Gasteiger partial charge in [0.15, 0.2) is 6.61 Å². The highest BCUT2D eigenvalue weighted by Gasteiger charge is 2.13. The standard InChI is InChI=1S/C18H19NO4/c1-11-6-4-7-12(2)17(11)23-10-16(20)19-15-9-5-8-14(13(15)3)18(21)22/h4-9H,10H2,1-3H3,(H,19,20)(H,21,22). The van der Waals surface area contributed by atoms with Crippen LogP contribution in [0.3, 0.4) is 0 Å². The van der Waals surface area contributed by atoms with Crippen molar-refractivity contribution in [3.8, 4) is 5.75 Å². The number of benzene rings is 2. The van der Waals surface area contributed by atoms with Crippen molar-refractivity contribution in [2.24, 2.45) is 0 Å². The third-order valence-electron chi connectivity index (χ3n) is 3.59. The van der Waals surface area contributed by atoms with E-state index in [2.05, 4.69) is 5.32 Å². The van der Waals surface area contributed by atoms with Gasteiger partial charge in [-0.1, -0.05) is 24.3 Å². The summed E-state index contributed by atoms with van der Waals surface area (Å²) in [5, 5.41) is 11.8. The second kappa shape index (κ2) is 6.96. The number of carbonyl (C=O) groups excluding carboxylic acids is 1. The molecule has 23 heavy (non-hydrogen) atoms. The van der Waals surface area contributed by atoms with Gasteiger partial charge in [-0.2, -0.15) is 0 Å². The Hall–Kier alpha value is -2.82. The Morgan fingerprint density at radius 1 is 1.04 bits per heavy atom. The van der Waals surface area contributed by atoms with Crippen molar-refractivity contribution in [1.29, 1.82) is 0 Å². The van der Waals surface area contributed by atoms with E-state index in [0.29, 0.717) is 17.0 Å². The second-order valence-corrected chi connectivity index (χ2v) is 5.34. The Morgan fingerprint density at radius 2 is 1.65 bits per heavy atom. The summed E-state index contributed by atoms with van der Waals surface area (Å²) in [5.41, 5.74) is 3.07. The third-order valence-corrected chi connectivity index (χ3v) is 3.59. The molecule has 0 unspecified atom stereocenters. The van der Waals surface area contributed by atoms with Gasteiger partial charge in [0.2, 0.25) is 0 Å². The molecule has 2 rings (SSSR count). The van der Waals surface area contributed by atoms with Crippen LogP contribution in [-0.2, 0) is 4.79 Å². The highest BCUT2D eigenvalue weighted by atomic mass is 16.5. The minimum absolute atomic E-state index is 0.136. The highest BCUT2D eigenvalue weighted by molar-refractivity contribution is 5.96. The van der Waals surface area contributed by atoms with Crippen LogP contribution in [0, 0.1) is 20.8 Å². The van der Waals surface area contributed by atoms with E-state index in [9.17, 15) is 9.59 Å². The molecule has 0 aliphatic rings. The summed E-state index contributed by atoms with van der Waals surface area (Å²) in [6, 6.07) is 10.5. The molecule has 2 aromatic rings. The summed E-state index contributed by atoms with van der Waals surface area (Å²) in [4.78, 5) is 23.2. The van der Waals surface area contributed by atoms with Gasteiger partial charge < -0.3 is 15.2 Å². The number of aromatic carboxylic acids is 1. The SMILES string of the molecule is Cc1cccc(C)c1OCC(=O)Nc1cccc(C(=O)O)c1C. The number of carboxylic acids is 1. The first kappa shape index (κ1) is 16.5. The summed E-state index contributed by atoms with van der Waals surface area (Å²) in [6.45, 7) is 5.36. The third kappa shape index (κ3) is 3.88. The van der Waals surface area contributed by atoms with Gasteiger partial charge in [0.1, 0.15) is 5.75 Å². The first-order chi connectivity index (χ1) is 10.9. The van der Waals surface area contributed by atoms with Crippen LogP contribution in [-0.4, -0.2) is 23.6 Å². The van der Waals surface area contributed by atoms with Crippen molar-refractivity contribution in [3.05, 3.63) is 58.7 Å². The van der Waals surface area contributed by atoms with Gasteiger partial charge >= 0.3 is 5.97 Å². The maximum Gasteiger partial charge on any atom is 0.336 e. The predicted molar refractivity (Wildman–Crippen MR) is 88.2 cm³/mol. The molecule has 0 fully saturated rings. The molecule has 2 N–H and O–H groups in total. The van der Waals surface area contributed by atoms with Crippen molar-refractivity contribution in [3.63, 3.8) is 0 Å². The van der Waals surface area contributed by atoms with E-state index >= 15 is 0 Å². The Balaban J connectivity index is 2.06. The van der Waals surface area contributed by atoms with E-state index in [0.717, 1.165) is 11.1 Å². The van der Waals surface area contributed by atoms with Crippen LogP contribution in [0.2, 0.25) is 0 Å². The smallest absolute Gasteiger partial charge is 0.336 e. The van der Waals surface area contributed by atoms with Gasteiger partial charge in [0.25, 0.3) is 5.91 Å². The van der Waals surface area contributed by atoms with Gasteiger partial charge in [0.05, 0.1) is 5.56 Å². The Kier molecular flexibility index (Phi) is 5.01. The molecule has 0 radical (unpaired) electrons. The molecule has 5 nitrogen and oxygen atoms in total. The summed E-state index contributed by atoms with van der Waals surface area (Å²) in [5.74, 6) is -0.665. The number of para-hydroxylation sites is 1. The molecule has 0 spiro atoms. The van der Waals surface area contributed by atoms with E-state index in [4.69, 9.17) is 9.84 Å². The van der Waals surface area contributed by atoms with Gasteiger partial charge in [-0.3, -0.25) is 4.79 Å². The van der Waals surface area contributed by atoms with Crippen LogP contribution < -0.4 is 10.1 Å². The number of carbonyl (C=O) groups is 2. The lowest BCUT2D eigenvalue weighted by Gasteiger charge is -2.13. The highest BCUT2D eigenvalue weighted by Crippen LogP contribution is 2.23.